The molecule has 3 aromatic rings. The molecule has 41 heavy (non-hydrogen) atoms. The molecular weight excluding hydrogens is 574 g/mol. The first-order valence-corrected chi connectivity index (χ1v) is 12.4. The molecule has 2 saturated heterocycles. The Labute approximate surface area is 232 Å². The van der Waals surface area contributed by atoms with Crippen LogP contribution in [0.3, 0.4) is 0 Å². The number of halogens is 1. The highest BCUT2D eigenvalue weighted by Gasteiger charge is 2.45. The molecule has 0 aliphatic carbocycles. The van der Waals surface area contributed by atoms with Gasteiger partial charge < -0.3 is 40.5 Å². The van der Waals surface area contributed by atoms with E-state index in [2.05, 4.69) is 25.6 Å². The number of aromatic amines is 2. The van der Waals surface area contributed by atoms with Crippen molar-refractivity contribution in [3.05, 3.63) is 71.5 Å². The number of aromatic nitrogens is 7. The second-order valence-corrected chi connectivity index (χ2v) is 9.48. The summed E-state index contributed by atoms with van der Waals surface area (Å²) in [6.07, 6.45) is -8.17. The van der Waals surface area contributed by atoms with E-state index in [1.54, 1.807) is 0 Å². The maximum Gasteiger partial charge on any atom is 0.330 e. The first-order chi connectivity index (χ1) is 19.5. The highest BCUT2D eigenvalue weighted by atomic mass is 35.5. The molecule has 0 aromatic carbocycles. The lowest BCUT2D eigenvalue weighted by Crippen LogP contribution is -2.38. The van der Waals surface area contributed by atoms with Crippen molar-refractivity contribution in [3.8, 4) is 0 Å². The zero-order chi connectivity index (χ0) is 29.4. The molecule has 0 saturated carbocycles. The number of aliphatic hydroxyl groups is 4. The Kier molecular flexibility index (Phi) is 8.00. The molecule has 5 heterocycles. The van der Waals surface area contributed by atoms with Crippen LogP contribution in [-0.2, 0) is 9.47 Å². The zero-order valence-electron chi connectivity index (χ0n) is 20.7. The summed E-state index contributed by atoms with van der Waals surface area (Å²) in [5.74, 6) is -0.124. The van der Waals surface area contributed by atoms with Crippen LogP contribution in [0.4, 0.5) is 11.9 Å². The fourth-order valence-electron chi connectivity index (χ4n) is 4.40. The van der Waals surface area contributed by atoms with Crippen LogP contribution in [0.1, 0.15) is 12.5 Å². The van der Waals surface area contributed by atoms with Crippen LogP contribution in [0.15, 0.2) is 43.7 Å². The third kappa shape index (κ3) is 5.91. The van der Waals surface area contributed by atoms with Gasteiger partial charge in [-0.3, -0.25) is 28.7 Å². The number of nitrogens with one attached hydrogen (secondary N) is 4. The number of nitrogens with zero attached hydrogens (tertiary/aromatic N) is 5. The molecular formula is C21H24ClN9O10. The molecule has 0 amide bonds. The Balaban J connectivity index is 1.21. The van der Waals surface area contributed by atoms with Gasteiger partial charge in [-0.25, -0.2) is 9.59 Å². The first kappa shape index (κ1) is 28.5. The third-order valence-corrected chi connectivity index (χ3v) is 6.62. The van der Waals surface area contributed by atoms with Crippen LogP contribution in [-0.4, -0.2) is 104 Å². The van der Waals surface area contributed by atoms with E-state index < -0.39 is 71.6 Å². The number of H-pyrrole nitrogens is 2. The number of ether oxygens (including phenoxy) is 2. The third-order valence-electron chi connectivity index (χ3n) is 6.46. The van der Waals surface area contributed by atoms with Crippen molar-refractivity contribution < 1.29 is 29.9 Å². The maximum absolute atomic E-state index is 12.1. The minimum absolute atomic E-state index is 0.0620. The Morgan fingerprint density at radius 3 is 1.54 bits per heavy atom. The van der Waals surface area contributed by atoms with Crippen LogP contribution in [0, 0.1) is 0 Å². The Bertz CT molecular complexity index is 1530. The van der Waals surface area contributed by atoms with E-state index in [0.717, 1.165) is 33.7 Å². The predicted molar refractivity (Wildman–Crippen MR) is 136 cm³/mol. The summed E-state index contributed by atoms with van der Waals surface area (Å²) >= 11 is 5.99. The lowest BCUT2D eigenvalue weighted by atomic mass is 10.1. The van der Waals surface area contributed by atoms with Crippen molar-refractivity contribution >= 4 is 23.5 Å². The standard InChI is InChI=1S/C21H24ClN9O10/c22-17-27-18(23-5-7-11(34)13(36)15(40-7)30-3-1-9(32)25-20(30)38)29-19(28-17)24-6-8-12(35)14(37)16(41-8)31-4-2-10(33)26-21(31)39/h1-4,7-8,11-16,34-37H,5-6H2,(H,25,32,38)(H,26,33,39)(H2,23,24,27,28,29)/t7-,8-,11-,12-,13-,14-,15-,16-/m1/s1. The Morgan fingerprint density at radius 2 is 1.15 bits per heavy atom. The fourth-order valence-corrected chi connectivity index (χ4v) is 4.56. The van der Waals surface area contributed by atoms with Gasteiger partial charge in [0, 0.05) is 37.6 Å². The molecule has 8 atom stereocenters. The first-order valence-electron chi connectivity index (χ1n) is 12.1. The van der Waals surface area contributed by atoms with Crippen LogP contribution in [0.2, 0.25) is 5.28 Å². The number of hydrogen-bond donors (Lipinski definition) is 8. The van der Waals surface area contributed by atoms with Crippen LogP contribution in [0.5, 0.6) is 0 Å². The topological polar surface area (TPSA) is 272 Å². The second-order valence-electron chi connectivity index (χ2n) is 9.14. The smallest absolute Gasteiger partial charge is 0.330 e. The van der Waals surface area contributed by atoms with Gasteiger partial charge in [0.1, 0.15) is 36.6 Å². The molecule has 2 aliphatic rings. The summed E-state index contributed by atoms with van der Waals surface area (Å²) in [6.45, 7) is -0.280. The molecule has 20 heteroatoms. The molecule has 2 aliphatic heterocycles. The van der Waals surface area contributed by atoms with Gasteiger partial charge in [-0.15, -0.1) is 0 Å². The van der Waals surface area contributed by atoms with E-state index in [4.69, 9.17) is 21.1 Å². The average Bonchev–Trinajstić information content (AvgIpc) is 3.36. The maximum atomic E-state index is 12.1. The van der Waals surface area contributed by atoms with E-state index in [1.165, 1.54) is 0 Å². The van der Waals surface area contributed by atoms with Crippen LogP contribution >= 0.6 is 11.6 Å². The molecule has 5 rings (SSSR count). The van der Waals surface area contributed by atoms with E-state index in [-0.39, 0.29) is 30.3 Å². The van der Waals surface area contributed by atoms with Gasteiger partial charge in [0.2, 0.25) is 17.2 Å². The molecule has 0 spiro atoms. The van der Waals surface area contributed by atoms with Gasteiger partial charge in [-0.2, -0.15) is 15.0 Å². The molecule has 0 bridgehead atoms. The lowest BCUT2D eigenvalue weighted by molar-refractivity contribution is -0.0364. The van der Waals surface area contributed by atoms with Gasteiger partial charge in [0.05, 0.1) is 0 Å². The number of rotatable bonds is 8. The van der Waals surface area contributed by atoms with Crippen molar-refractivity contribution in [1.82, 2.24) is 34.1 Å². The molecule has 19 nitrogen and oxygen atoms in total. The highest BCUT2D eigenvalue weighted by Crippen LogP contribution is 2.29. The van der Waals surface area contributed by atoms with Gasteiger partial charge in [-0.1, -0.05) is 0 Å². The number of aliphatic hydroxyl groups excluding tert-OH is 4. The lowest BCUT2D eigenvalue weighted by Gasteiger charge is -2.17. The summed E-state index contributed by atoms with van der Waals surface area (Å²) in [5.41, 5.74) is -2.93. The van der Waals surface area contributed by atoms with E-state index in [0.29, 0.717) is 0 Å². The summed E-state index contributed by atoms with van der Waals surface area (Å²) in [5, 5.41) is 46.9. The molecule has 0 radical (unpaired) electrons. The summed E-state index contributed by atoms with van der Waals surface area (Å²) in [7, 11) is 0. The van der Waals surface area contributed by atoms with Crippen LogP contribution < -0.4 is 33.1 Å². The van der Waals surface area contributed by atoms with E-state index >= 15 is 0 Å². The normalized spacial score (nSPS) is 29.5. The molecule has 0 unspecified atom stereocenters. The van der Waals surface area contributed by atoms with E-state index in [1.807, 2.05) is 9.97 Å². The summed E-state index contributed by atoms with van der Waals surface area (Å²) < 4.78 is 13.1. The zero-order valence-corrected chi connectivity index (χ0v) is 21.5. The second kappa shape index (κ2) is 11.5. The van der Waals surface area contributed by atoms with Gasteiger partial charge in [0.25, 0.3) is 11.1 Å². The molecule has 2 fully saturated rings. The summed E-state index contributed by atoms with van der Waals surface area (Å²) in [6, 6.07) is 2.13. The molecule has 8 N–H and O–H groups in total. The largest absolute Gasteiger partial charge is 0.387 e. The number of hydrogen-bond acceptors (Lipinski definition) is 15. The van der Waals surface area contributed by atoms with Crippen molar-refractivity contribution in [2.45, 2.75) is 49.1 Å². The SMILES string of the molecule is O=c1ccn([C@@H]2O[C@H](CNc3nc(Cl)nc(NC[C@H]4O[C@@H](n5ccc(=O)[nH]c5=O)[C@H](O)[C@@H]4O)n3)[C@@H](O)[C@H]2O)c(=O)[nH]1. The Morgan fingerprint density at radius 1 is 0.732 bits per heavy atom. The van der Waals surface area contributed by atoms with Crippen molar-refractivity contribution in [2.75, 3.05) is 23.7 Å². The van der Waals surface area contributed by atoms with Gasteiger partial charge >= 0.3 is 11.4 Å². The predicted octanol–water partition coefficient (Wildman–Crippen LogP) is -4.31. The van der Waals surface area contributed by atoms with Gasteiger partial charge in [-0.05, 0) is 11.6 Å². The Hall–Kier alpha value is -3.98. The minimum Gasteiger partial charge on any atom is -0.387 e. The summed E-state index contributed by atoms with van der Waals surface area (Å²) in [4.78, 5) is 62.8. The fraction of sp³-hybridized carbons (Fsp3) is 0.476. The van der Waals surface area contributed by atoms with E-state index in [9.17, 15) is 39.6 Å². The van der Waals surface area contributed by atoms with Crippen molar-refractivity contribution in [3.63, 3.8) is 0 Å². The molecule has 220 valence electrons. The van der Waals surface area contributed by atoms with Crippen molar-refractivity contribution in [1.29, 1.82) is 0 Å². The monoisotopic (exact) mass is 597 g/mol. The quantitative estimate of drug-likeness (QED) is 0.122. The number of anilines is 2. The van der Waals surface area contributed by atoms with Crippen LogP contribution in [0.25, 0.3) is 0 Å². The molecule has 3 aromatic heterocycles. The highest BCUT2D eigenvalue weighted by molar-refractivity contribution is 6.28. The van der Waals surface area contributed by atoms with Gasteiger partial charge in [0.15, 0.2) is 12.5 Å². The minimum atomic E-state index is -1.49. The average molecular weight is 598 g/mol. The van der Waals surface area contributed by atoms with Crippen molar-refractivity contribution in [2.24, 2.45) is 0 Å².